The summed E-state index contributed by atoms with van der Waals surface area (Å²) >= 11 is 0. The summed E-state index contributed by atoms with van der Waals surface area (Å²) < 4.78 is 0. The Morgan fingerprint density at radius 1 is 1.17 bits per heavy atom. The van der Waals surface area contributed by atoms with E-state index in [0.29, 0.717) is 0 Å². The first-order chi connectivity index (χ1) is 5.66. The first-order valence-corrected chi connectivity index (χ1v) is 5.66. The van der Waals surface area contributed by atoms with Crippen LogP contribution < -0.4 is 0 Å². The third kappa shape index (κ3) is 0.592. The molecule has 0 saturated heterocycles. The number of hydrogen-bond donors (Lipinski definition) is 0. The van der Waals surface area contributed by atoms with E-state index in [2.05, 4.69) is 13.8 Å². The zero-order valence-electron chi connectivity index (χ0n) is 8.40. The molecule has 3 unspecified atom stereocenters. The molecule has 3 fully saturated rings. The lowest BCUT2D eigenvalue weighted by Gasteiger charge is -2.74. The maximum Gasteiger partial charge on any atom is -0.0215 e. The molecule has 4 atom stereocenters. The molecule has 3 saturated carbocycles. The van der Waals surface area contributed by atoms with E-state index in [4.69, 9.17) is 0 Å². The molecule has 0 bridgehead atoms. The maximum absolute atomic E-state index is 2.54. The minimum atomic E-state index is 0.817. The van der Waals surface area contributed by atoms with Crippen molar-refractivity contribution in [3.8, 4) is 0 Å². The van der Waals surface area contributed by atoms with E-state index >= 15 is 0 Å². The van der Waals surface area contributed by atoms with Crippen molar-refractivity contribution in [2.45, 2.75) is 52.4 Å². The summed E-state index contributed by atoms with van der Waals surface area (Å²) in [6, 6.07) is 0. The van der Waals surface area contributed by atoms with Crippen molar-refractivity contribution in [1.29, 1.82) is 0 Å². The van der Waals surface area contributed by atoms with E-state index in [0.717, 1.165) is 22.7 Å². The standard InChI is InChI=1S/C12H20/c1-9-3-4-12-6-5-11(12,2)8-10(12)7-9/h9-10H,3-8H2,1-2H3/t9?,10?,11-,12?/m1/s1. The van der Waals surface area contributed by atoms with Crippen LogP contribution in [0, 0.1) is 22.7 Å². The Hall–Kier alpha value is 0. The van der Waals surface area contributed by atoms with Crippen LogP contribution in [0.4, 0.5) is 0 Å². The second-order valence-corrected chi connectivity index (χ2v) is 6.00. The van der Waals surface area contributed by atoms with Crippen LogP contribution in [0.2, 0.25) is 0 Å². The first kappa shape index (κ1) is 7.41. The summed E-state index contributed by atoms with van der Waals surface area (Å²) in [4.78, 5) is 0. The highest BCUT2D eigenvalue weighted by atomic mass is 14.7. The Morgan fingerprint density at radius 3 is 2.50 bits per heavy atom. The van der Waals surface area contributed by atoms with Crippen LogP contribution in [0.15, 0.2) is 0 Å². The van der Waals surface area contributed by atoms with Gasteiger partial charge in [0.25, 0.3) is 0 Å². The number of hydrogen-bond acceptors (Lipinski definition) is 0. The van der Waals surface area contributed by atoms with Crippen molar-refractivity contribution in [3.63, 3.8) is 0 Å². The van der Waals surface area contributed by atoms with Crippen LogP contribution in [0.25, 0.3) is 0 Å². The quantitative estimate of drug-likeness (QED) is 0.513. The van der Waals surface area contributed by atoms with Crippen molar-refractivity contribution in [3.05, 3.63) is 0 Å². The van der Waals surface area contributed by atoms with Crippen LogP contribution in [-0.4, -0.2) is 0 Å². The Kier molecular flexibility index (Phi) is 1.18. The molecule has 0 aromatic carbocycles. The van der Waals surface area contributed by atoms with Gasteiger partial charge < -0.3 is 0 Å². The molecule has 3 aliphatic rings. The second kappa shape index (κ2) is 1.91. The molecule has 0 N–H and O–H groups in total. The molecule has 0 amide bonds. The Labute approximate surface area is 75.7 Å². The maximum atomic E-state index is 2.54. The van der Waals surface area contributed by atoms with Gasteiger partial charge in [-0.05, 0) is 54.8 Å². The molecule has 3 aliphatic carbocycles. The molecule has 0 heteroatoms. The summed E-state index contributed by atoms with van der Waals surface area (Å²) in [6.07, 6.45) is 9.31. The van der Waals surface area contributed by atoms with E-state index in [-0.39, 0.29) is 0 Å². The van der Waals surface area contributed by atoms with Gasteiger partial charge in [-0.15, -0.1) is 0 Å². The van der Waals surface area contributed by atoms with E-state index < -0.39 is 0 Å². The zero-order chi connectivity index (χ0) is 8.40. The normalized spacial score (nSPS) is 62.5. The van der Waals surface area contributed by atoms with Crippen molar-refractivity contribution in [2.24, 2.45) is 22.7 Å². The molecule has 0 radical (unpaired) electrons. The van der Waals surface area contributed by atoms with Gasteiger partial charge in [0.15, 0.2) is 0 Å². The van der Waals surface area contributed by atoms with E-state index in [1.54, 1.807) is 25.7 Å². The summed E-state index contributed by atoms with van der Waals surface area (Å²) in [7, 11) is 0. The molecule has 0 aromatic rings. The average molecular weight is 164 g/mol. The second-order valence-electron chi connectivity index (χ2n) is 6.00. The molecule has 0 nitrogen and oxygen atoms in total. The third-order valence-electron chi connectivity index (χ3n) is 5.57. The third-order valence-corrected chi connectivity index (χ3v) is 5.57. The van der Waals surface area contributed by atoms with Crippen molar-refractivity contribution in [2.75, 3.05) is 0 Å². The van der Waals surface area contributed by atoms with E-state index in [9.17, 15) is 0 Å². The molecule has 0 aromatic heterocycles. The monoisotopic (exact) mass is 164 g/mol. The van der Waals surface area contributed by atoms with Gasteiger partial charge in [-0.2, -0.15) is 0 Å². The lowest BCUT2D eigenvalue weighted by atomic mass is 9.31. The lowest BCUT2D eigenvalue weighted by molar-refractivity contribution is -0.246. The van der Waals surface area contributed by atoms with Gasteiger partial charge in [-0.3, -0.25) is 0 Å². The fourth-order valence-corrected chi connectivity index (χ4v) is 4.53. The van der Waals surface area contributed by atoms with E-state index in [1.807, 2.05) is 0 Å². The van der Waals surface area contributed by atoms with Crippen LogP contribution in [0.3, 0.4) is 0 Å². The molecular formula is C12H20. The van der Waals surface area contributed by atoms with Crippen LogP contribution in [-0.2, 0) is 0 Å². The summed E-state index contributed by atoms with van der Waals surface area (Å²) in [5, 5.41) is 0. The predicted molar refractivity (Wildman–Crippen MR) is 50.9 cm³/mol. The van der Waals surface area contributed by atoms with Gasteiger partial charge in [0, 0.05) is 0 Å². The molecular weight excluding hydrogens is 144 g/mol. The minimum Gasteiger partial charge on any atom is -0.0625 e. The molecule has 3 rings (SSSR count). The highest BCUT2D eigenvalue weighted by Gasteiger charge is 2.68. The molecule has 68 valence electrons. The van der Waals surface area contributed by atoms with Crippen molar-refractivity contribution in [1.82, 2.24) is 0 Å². The van der Waals surface area contributed by atoms with Crippen molar-refractivity contribution >= 4 is 0 Å². The van der Waals surface area contributed by atoms with Crippen molar-refractivity contribution < 1.29 is 0 Å². The van der Waals surface area contributed by atoms with Gasteiger partial charge in [0.05, 0.1) is 0 Å². The summed E-state index contributed by atoms with van der Waals surface area (Å²) in [5.74, 6) is 2.17. The van der Waals surface area contributed by atoms with Crippen LogP contribution in [0.5, 0.6) is 0 Å². The van der Waals surface area contributed by atoms with Gasteiger partial charge in [-0.1, -0.05) is 20.3 Å². The summed E-state index contributed by atoms with van der Waals surface area (Å²) in [6.45, 7) is 4.99. The average Bonchev–Trinajstić information content (AvgIpc) is 2.03. The van der Waals surface area contributed by atoms with Gasteiger partial charge in [0.2, 0.25) is 0 Å². The topological polar surface area (TPSA) is 0 Å². The number of rotatable bonds is 0. The van der Waals surface area contributed by atoms with E-state index in [1.165, 1.54) is 12.8 Å². The highest BCUT2D eigenvalue weighted by molar-refractivity contribution is 5.17. The fourth-order valence-electron chi connectivity index (χ4n) is 4.53. The highest BCUT2D eigenvalue weighted by Crippen LogP contribution is 2.77. The Morgan fingerprint density at radius 2 is 2.00 bits per heavy atom. The molecule has 12 heavy (non-hydrogen) atoms. The summed E-state index contributed by atoms with van der Waals surface area (Å²) in [5.41, 5.74) is 1.69. The fraction of sp³-hybridized carbons (Fsp3) is 1.00. The van der Waals surface area contributed by atoms with Crippen LogP contribution in [0.1, 0.15) is 52.4 Å². The molecule has 1 spiro atoms. The van der Waals surface area contributed by atoms with Gasteiger partial charge >= 0.3 is 0 Å². The van der Waals surface area contributed by atoms with Gasteiger partial charge in [0.1, 0.15) is 0 Å². The largest absolute Gasteiger partial charge is 0.0625 e. The zero-order valence-corrected chi connectivity index (χ0v) is 8.40. The SMILES string of the molecule is CC1CCC23CC[C@]2(C)CC3C1. The molecule has 0 heterocycles. The molecule has 0 aliphatic heterocycles. The van der Waals surface area contributed by atoms with Crippen LogP contribution >= 0.6 is 0 Å². The lowest BCUT2D eigenvalue weighted by Crippen LogP contribution is -2.65. The minimum absolute atomic E-state index is 0.817. The van der Waals surface area contributed by atoms with Gasteiger partial charge in [-0.25, -0.2) is 0 Å². The Balaban J connectivity index is 1.84. The first-order valence-electron chi connectivity index (χ1n) is 5.66. The predicted octanol–water partition coefficient (Wildman–Crippen LogP) is 3.61. The Bertz CT molecular complexity index is 218. The smallest absolute Gasteiger partial charge is 0.0215 e.